The summed E-state index contributed by atoms with van der Waals surface area (Å²) in [5.41, 5.74) is 0.803. The molecule has 8 heteroatoms. The van der Waals surface area contributed by atoms with Gasteiger partial charge < -0.3 is 4.98 Å². The molecule has 0 bridgehead atoms. The minimum atomic E-state index is -4.40. The van der Waals surface area contributed by atoms with Crippen molar-refractivity contribution in [1.29, 1.82) is 0 Å². The fourth-order valence-corrected chi connectivity index (χ4v) is 2.49. The summed E-state index contributed by atoms with van der Waals surface area (Å²) in [5, 5.41) is 4.25. The fourth-order valence-electron chi connectivity index (χ4n) is 2.49. The lowest BCUT2D eigenvalue weighted by molar-refractivity contribution is -0.137. The maximum absolute atomic E-state index is 12.7. The molecule has 0 saturated carbocycles. The first-order valence-electron chi connectivity index (χ1n) is 6.99. The standard InChI is InChI=1S/C16H13F3N4O/c1-8(10-4-6-11(7-5-10)16(17,18)19)12-13-14(23(3)22-12)15(24)21-9(2)20-13/h4-7H,1H2,2-3H3,(H,20,21,24). The molecule has 3 rings (SSSR count). The smallest absolute Gasteiger partial charge is 0.309 e. The number of alkyl halides is 3. The van der Waals surface area contributed by atoms with Crippen LogP contribution in [0.4, 0.5) is 13.2 Å². The average molecular weight is 334 g/mol. The van der Waals surface area contributed by atoms with E-state index in [1.807, 2.05) is 0 Å². The van der Waals surface area contributed by atoms with Crippen molar-refractivity contribution < 1.29 is 13.2 Å². The van der Waals surface area contributed by atoms with Gasteiger partial charge in [-0.1, -0.05) is 18.7 Å². The van der Waals surface area contributed by atoms with Crippen molar-refractivity contribution in [2.24, 2.45) is 7.05 Å². The molecular formula is C16H13F3N4O. The van der Waals surface area contributed by atoms with Gasteiger partial charge in [0.1, 0.15) is 17.0 Å². The zero-order valence-electron chi connectivity index (χ0n) is 12.9. The van der Waals surface area contributed by atoms with Gasteiger partial charge in [0.05, 0.1) is 5.56 Å². The second-order valence-electron chi connectivity index (χ2n) is 5.37. The molecule has 0 amide bonds. The molecule has 0 aliphatic carbocycles. The highest BCUT2D eigenvalue weighted by atomic mass is 19.4. The number of halogens is 3. The zero-order chi connectivity index (χ0) is 17.6. The number of nitrogens with zero attached hydrogens (tertiary/aromatic N) is 3. The van der Waals surface area contributed by atoms with Crippen LogP contribution in [-0.2, 0) is 13.2 Å². The Bertz CT molecular complexity index is 997. The van der Waals surface area contributed by atoms with E-state index in [0.29, 0.717) is 28.2 Å². The van der Waals surface area contributed by atoms with Crippen LogP contribution in [0, 0.1) is 6.92 Å². The first-order chi connectivity index (χ1) is 11.2. The van der Waals surface area contributed by atoms with Gasteiger partial charge in [-0.05, 0) is 24.6 Å². The van der Waals surface area contributed by atoms with Crippen LogP contribution in [0.5, 0.6) is 0 Å². The zero-order valence-corrected chi connectivity index (χ0v) is 12.9. The Labute approximate surface area is 134 Å². The van der Waals surface area contributed by atoms with Crippen molar-refractivity contribution in [2.75, 3.05) is 0 Å². The van der Waals surface area contributed by atoms with Crippen LogP contribution in [0.25, 0.3) is 16.6 Å². The summed E-state index contributed by atoms with van der Waals surface area (Å²) >= 11 is 0. The van der Waals surface area contributed by atoms with Gasteiger partial charge in [0.25, 0.3) is 5.56 Å². The number of nitrogens with one attached hydrogen (secondary N) is 1. The van der Waals surface area contributed by atoms with Gasteiger partial charge in [0.15, 0.2) is 5.52 Å². The molecule has 24 heavy (non-hydrogen) atoms. The maximum atomic E-state index is 12.7. The van der Waals surface area contributed by atoms with Gasteiger partial charge in [0.2, 0.25) is 0 Å². The summed E-state index contributed by atoms with van der Waals surface area (Å²) in [7, 11) is 1.60. The first kappa shape index (κ1) is 16.0. The van der Waals surface area contributed by atoms with Gasteiger partial charge in [-0.25, -0.2) is 4.98 Å². The number of aromatic nitrogens is 4. The monoisotopic (exact) mass is 334 g/mol. The molecule has 0 aliphatic heterocycles. The first-order valence-corrected chi connectivity index (χ1v) is 6.99. The fraction of sp³-hybridized carbons (Fsp3) is 0.188. The second-order valence-corrected chi connectivity index (χ2v) is 5.37. The number of aryl methyl sites for hydroxylation is 2. The van der Waals surface area contributed by atoms with Gasteiger partial charge >= 0.3 is 6.18 Å². The van der Waals surface area contributed by atoms with E-state index >= 15 is 0 Å². The van der Waals surface area contributed by atoms with Gasteiger partial charge in [-0.3, -0.25) is 9.48 Å². The Hall–Kier alpha value is -2.90. The molecule has 0 saturated heterocycles. The number of hydrogen-bond donors (Lipinski definition) is 1. The molecular weight excluding hydrogens is 321 g/mol. The number of hydrogen-bond acceptors (Lipinski definition) is 3. The molecule has 2 heterocycles. The molecule has 124 valence electrons. The van der Waals surface area contributed by atoms with E-state index in [9.17, 15) is 18.0 Å². The van der Waals surface area contributed by atoms with Gasteiger partial charge in [-0.15, -0.1) is 0 Å². The molecule has 0 aliphatic rings. The third kappa shape index (κ3) is 2.60. The van der Waals surface area contributed by atoms with Crippen molar-refractivity contribution in [1.82, 2.24) is 19.7 Å². The van der Waals surface area contributed by atoms with Crippen LogP contribution in [0.1, 0.15) is 22.6 Å². The highest BCUT2D eigenvalue weighted by Crippen LogP contribution is 2.31. The Kier molecular flexibility index (Phi) is 3.55. The minimum absolute atomic E-state index is 0.281. The van der Waals surface area contributed by atoms with E-state index in [0.717, 1.165) is 12.1 Å². The van der Waals surface area contributed by atoms with E-state index in [1.54, 1.807) is 14.0 Å². The predicted octanol–water partition coefficient (Wildman–Crippen LogP) is 3.05. The average Bonchev–Trinajstić information content (AvgIpc) is 2.82. The molecule has 0 radical (unpaired) electrons. The van der Waals surface area contributed by atoms with Crippen molar-refractivity contribution in [2.45, 2.75) is 13.1 Å². The molecule has 0 fully saturated rings. The van der Waals surface area contributed by atoms with E-state index in [2.05, 4.69) is 21.6 Å². The Morgan fingerprint density at radius 1 is 1.25 bits per heavy atom. The topological polar surface area (TPSA) is 63.6 Å². The van der Waals surface area contributed by atoms with Crippen molar-refractivity contribution in [3.8, 4) is 0 Å². The van der Waals surface area contributed by atoms with Crippen molar-refractivity contribution in [3.63, 3.8) is 0 Å². The normalized spacial score (nSPS) is 11.9. The Morgan fingerprint density at radius 2 is 1.88 bits per heavy atom. The number of H-pyrrole nitrogens is 1. The molecule has 0 unspecified atom stereocenters. The summed E-state index contributed by atoms with van der Waals surface area (Å²) in [6.07, 6.45) is -4.40. The Morgan fingerprint density at radius 3 is 2.46 bits per heavy atom. The number of rotatable bonds is 2. The largest absolute Gasteiger partial charge is 0.416 e. The lowest BCUT2D eigenvalue weighted by Gasteiger charge is -2.08. The molecule has 1 aromatic carbocycles. The van der Waals surface area contributed by atoms with Gasteiger partial charge in [0, 0.05) is 12.6 Å². The highest BCUT2D eigenvalue weighted by Gasteiger charge is 2.30. The van der Waals surface area contributed by atoms with Crippen LogP contribution in [0.2, 0.25) is 0 Å². The summed E-state index contributed by atoms with van der Waals surface area (Å²) in [6.45, 7) is 5.54. The third-order valence-corrected chi connectivity index (χ3v) is 3.66. The lowest BCUT2D eigenvalue weighted by Crippen LogP contribution is -2.12. The van der Waals surface area contributed by atoms with Crippen LogP contribution < -0.4 is 5.56 Å². The summed E-state index contributed by atoms with van der Waals surface area (Å²) in [6, 6.07) is 4.62. The SMILES string of the molecule is C=C(c1ccc(C(F)(F)F)cc1)c1nn(C)c2c(=O)[nH]c(C)nc12. The third-order valence-electron chi connectivity index (χ3n) is 3.66. The predicted molar refractivity (Wildman–Crippen MR) is 83.4 cm³/mol. The van der Waals surface area contributed by atoms with Crippen LogP contribution in [0.15, 0.2) is 35.6 Å². The van der Waals surface area contributed by atoms with E-state index in [-0.39, 0.29) is 11.1 Å². The summed E-state index contributed by atoms with van der Waals surface area (Å²) in [4.78, 5) is 18.9. The lowest BCUT2D eigenvalue weighted by atomic mass is 10.0. The minimum Gasteiger partial charge on any atom is -0.309 e. The molecule has 0 spiro atoms. The highest BCUT2D eigenvalue weighted by molar-refractivity contribution is 5.91. The molecule has 1 N–H and O–H groups in total. The quantitative estimate of drug-likeness (QED) is 0.783. The number of benzene rings is 1. The van der Waals surface area contributed by atoms with Crippen molar-refractivity contribution >= 4 is 16.6 Å². The molecule has 5 nitrogen and oxygen atoms in total. The Balaban J connectivity index is 2.11. The maximum Gasteiger partial charge on any atom is 0.416 e. The van der Waals surface area contributed by atoms with E-state index in [4.69, 9.17) is 0 Å². The summed E-state index contributed by atoms with van der Waals surface area (Å²) in [5.74, 6) is 0.418. The molecule has 2 aromatic heterocycles. The van der Waals surface area contributed by atoms with Crippen LogP contribution >= 0.6 is 0 Å². The molecule has 0 atom stereocenters. The van der Waals surface area contributed by atoms with E-state index in [1.165, 1.54) is 16.8 Å². The van der Waals surface area contributed by atoms with E-state index < -0.39 is 11.7 Å². The van der Waals surface area contributed by atoms with Crippen molar-refractivity contribution in [3.05, 3.63) is 63.8 Å². The summed E-state index contributed by atoms with van der Waals surface area (Å²) < 4.78 is 39.4. The van der Waals surface area contributed by atoms with Crippen LogP contribution in [-0.4, -0.2) is 19.7 Å². The number of fused-ring (bicyclic) bond motifs is 1. The van der Waals surface area contributed by atoms with Gasteiger partial charge in [-0.2, -0.15) is 18.3 Å². The number of aromatic amines is 1. The molecule has 3 aromatic rings. The second kappa shape index (κ2) is 5.33. The van der Waals surface area contributed by atoms with Crippen LogP contribution in [0.3, 0.4) is 0 Å².